The Balaban J connectivity index is 2.43. The molecule has 0 fully saturated rings. The van der Waals surface area contributed by atoms with Crippen LogP contribution in [0.15, 0.2) is 22.7 Å². The second-order valence-corrected chi connectivity index (χ2v) is 6.14. The lowest BCUT2D eigenvalue weighted by atomic mass is 10.1. The molecule has 0 aliphatic rings. The summed E-state index contributed by atoms with van der Waals surface area (Å²) >= 11 is 6.86. The molecule has 1 atom stereocenters. The van der Waals surface area contributed by atoms with E-state index in [1.807, 2.05) is 25.1 Å². The van der Waals surface area contributed by atoms with Crippen LogP contribution in [0.25, 0.3) is 0 Å². The SMILES string of the molecule is Cc1ccc(Br)c(C(=O)NCCCC(C)CBr)c1. The lowest BCUT2D eigenvalue weighted by Crippen LogP contribution is -2.25. The van der Waals surface area contributed by atoms with Crippen molar-refractivity contribution >= 4 is 37.8 Å². The molecule has 0 radical (unpaired) electrons. The fourth-order valence-electron chi connectivity index (χ4n) is 1.64. The van der Waals surface area contributed by atoms with Crippen LogP contribution in [0.4, 0.5) is 0 Å². The van der Waals surface area contributed by atoms with Crippen LogP contribution in [0.3, 0.4) is 0 Å². The third-order valence-electron chi connectivity index (χ3n) is 2.79. The summed E-state index contributed by atoms with van der Waals surface area (Å²) in [6.07, 6.45) is 2.14. The van der Waals surface area contributed by atoms with Crippen molar-refractivity contribution in [3.63, 3.8) is 0 Å². The van der Waals surface area contributed by atoms with Crippen LogP contribution >= 0.6 is 31.9 Å². The average Bonchev–Trinajstić information content (AvgIpc) is 2.36. The first-order valence-electron chi connectivity index (χ1n) is 6.15. The molecule has 1 unspecified atom stereocenters. The highest BCUT2D eigenvalue weighted by molar-refractivity contribution is 9.10. The van der Waals surface area contributed by atoms with Gasteiger partial charge < -0.3 is 5.32 Å². The van der Waals surface area contributed by atoms with Gasteiger partial charge in [0.25, 0.3) is 5.91 Å². The highest BCUT2D eigenvalue weighted by Crippen LogP contribution is 2.18. The van der Waals surface area contributed by atoms with Gasteiger partial charge in [-0.1, -0.05) is 34.5 Å². The van der Waals surface area contributed by atoms with Gasteiger partial charge in [-0.2, -0.15) is 0 Å². The van der Waals surface area contributed by atoms with Crippen LogP contribution in [0, 0.1) is 12.8 Å². The minimum absolute atomic E-state index is 0.00271. The van der Waals surface area contributed by atoms with E-state index in [0.717, 1.165) is 34.8 Å². The van der Waals surface area contributed by atoms with Gasteiger partial charge in [0, 0.05) is 16.3 Å². The Bertz CT molecular complexity index is 407. The van der Waals surface area contributed by atoms with Crippen molar-refractivity contribution in [1.82, 2.24) is 5.32 Å². The van der Waals surface area contributed by atoms with Crippen molar-refractivity contribution in [3.05, 3.63) is 33.8 Å². The third kappa shape index (κ3) is 5.11. The molecule has 1 aromatic rings. The second-order valence-electron chi connectivity index (χ2n) is 4.64. The quantitative estimate of drug-likeness (QED) is 0.582. The van der Waals surface area contributed by atoms with Crippen LogP contribution in [-0.4, -0.2) is 17.8 Å². The molecule has 0 saturated carbocycles. The topological polar surface area (TPSA) is 29.1 Å². The standard InChI is InChI=1S/C14H19Br2NO/c1-10-5-6-13(16)12(8-10)14(18)17-7-3-4-11(2)9-15/h5-6,8,11H,3-4,7,9H2,1-2H3,(H,17,18). The van der Waals surface area contributed by atoms with E-state index in [-0.39, 0.29) is 5.91 Å². The van der Waals surface area contributed by atoms with Gasteiger partial charge in [-0.15, -0.1) is 0 Å². The van der Waals surface area contributed by atoms with Crippen molar-refractivity contribution < 1.29 is 4.79 Å². The van der Waals surface area contributed by atoms with E-state index in [4.69, 9.17) is 0 Å². The lowest BCUT2D eigenvalue weighted by molar-refractivity contribution is 0.0951. The van der Waals surface area contributed by atoms with E-state index in [1.165, 1.54) is 0 Å². The van der Waals surface area contributed by atoms with Crippen molar-refractivity contribution in [2.75, 3.05) is 11.9 Å². The minimum Gasteiger partial charge on any atom is -0.352 e. The Labute approximate surface area is 126 Å². The van der Waals surface area contributed by atoms with E-state index in [0.29, 0.717) is 11.5 Å². The average molecular weight is 377 g/mol. The van der Waals surface area contributed by atoms with Crippen LogP contribution in [0.2, 0.25) is 0 Å². The molecule has 18 heavy (non-hydrogen) atoms. The molecule has 0 heterocycles. The van der Waals surface area contributed by atoms with Gasteiger partial charge in [-0.25, -0.2) is 0 Å². The van der Waals surface area contributed by atoms with E-state index < -0.39 is 0 Å². The summed E-state index contributed by atoms with van der Waals surface area (Å²) in [4.78, 5) is 12.0. The van der Waals surface area contributed by atoms with Crippen molar-refractivity contribution in [3.8, 4) is 0 Å². The normalized spacial score (nSPS) is 12.2. The molecule has 0 bridgehead atoms. The second kappa shape index (κ2) is 7.95. The molecular formula is C14H19Br2NO. The predicted molar refractivity (Wildman–Crippen MR) is 83.4 cm³/mol. The number of halogens is 2. The van der Waals surface area contributed by atoms with E-state index in [9.17, 15) is 4.79 Å². The van der Waals surface area contributed by atoms with Crippen LogP contribution < -0.4 is 5.32 Å². The maximum atomic E-state index is 12.0. The maximum Gasteiger partial charge on any atom is 0.252 e. The minimum atomic E-state index is -0.00271. The number of aryl methyl sites for hydroxylation is 1. The number of rotatable bonds is 6. The fraction of sp³-hybridized carbons (Fsp3) is 0.500. The number of benzene rings is 1. The first-order chi connectivity index (χ1) is 8.54. The molecule has 0 spiro atoms. The summed E-state index contributed by atoms with van der Waals surface area (Å²) in [5.41, 5.74) is 1.81. The van der Waals surface area contributed by atoms with Gasteiger partial charge in [0.05, 0.1) is 5.56 Å². The van der Waals surface area contributed by atoms with Gasteiger partial charge in [-0.3, -0.25) is 4.79 Å². The van der Waals surface area contributed by atoms with Gasteiger partial charge >= 0.3 is 0 Å². The Morgan fingerprint density at radius 2 is 2.17 bits per heavy atom. The molecule has 0 aromatic heterocycles. The molecule has 100 valence electrons. The number of amides is 1. The summed E-state index contributed by atoms with van der Waals surface area (Å²) < 4.78 is 0.847. The van der Waals surface area contributed by atoms with Crippen LogP contribution in [0.1, 0.15) is 35.7 Å². The molecular weight excluding hydrogens is 358 g/mol. The lowest BCUT2D eigenvalue weighted by Gasteiger charge is -2.09. The van der Waals surface area contributed by atoms with E-state index in [1.54, 1.807) is 0 Å². The summed E-state index contributed by atoms with van der Waals surface area (Å²) in [6, 6.07) is 5.80. The highest BCUT2D eigenvalue weighted by Gasteiger charge is 2.09. The molecule has 0 aliphatic carbocycles. The molecule has 1 N–H and O–H groups in total. The van der Waals surface area contributed by atoms with Gasteiger partial charge in [0.2, 0.25) is 0 Å². The molecule has 4 heteroatoms. The number of carbonyl (C=O) groups is 1. The predicted octanol–water partition coefficient (Wildman–Crippen LogP) is 4.30. The fourth-order valence-corrected chi connectivity index (χ4v) is 2.39. The molecule has 2 nitrogen and oxygen atoms in total. The number of carbonyl (C=O) groups excluding carboxylic acids is 1. The first kappa shape index (κ1) is 15.7. The molecule has 0 saturated heterocycles. The first-order valence-corrected chi connectivity index (χ1v) is 8.06. The largest absolute Gasteiger partial charge is 0.352 e. The summed E-state index contributed by atoms with van der Waals surface area (Å²) in [5.74, 6) is 0.657. The maximum absolute atomic E-state index is 12.0. The molecule has 1 rings (SSSR count). The number of alkyl halides is 1. The van der Waals surface area contributed by atoms with Crippen LogP contribution in [0.5, 0.6) is 0 Å². The molecule has 1 amide bonds. The summed E-state index contributed by atoms with van der Waals surface area (Å²) in [6.45, 7) is 4.92. The van der Waals surface area contributed by atoms with Gasteiger partial charge in [-0.05, 0) is 53.7 Å². The summed E-state index contributed by atoms with van der Waals surface area (Å²) in [5, 5.41) is 3.98. The van der Waals surface area contributed by atoms with Gasteiger partial charge in [0.15, 0.2) is 0 Å². The van der Waals surface area contributed by atoms with Gasteiger partial charge in [0.1, 0.15) is 0 Å². The Morgan fingerprint density at radius 1 is 1.44 bits per heavy atom. The Morgan fingerprint density at radius 3 is 2.83 bits per heavy atom. The van der Waals surface area contributed by atoms with Crippen LogP contribution in [-0.2, 0) is 0 Å². The zero-order chi connectivity index (χ0) is 13.5. The number of nitrogens with one attached hydrogen (secondary N) is 1. The van der Waals surface area contributed by atoms with Crippen molar-refractivity contribution in [2.45, 2.75) is 26.7 Å². The molecule has 1 aromatic carbocycles. The number of hydrogen-bond acceptors (Lipinski definition) is 1. The smallest absolute Gasteiger partial charge is 0.252 e. The molecule has 0 aliphatic heterocycles. The van der Waals surface area contributed by atoms with E-state index in [2.05, 4.69) is 44.1 Å². The van der Waals surface area contributed by atoms with Crippen molar-refractivity contribution in [2.24, 2.45) is 5.92 Å². The Hall–Kier alpha value is -0.350. The zero-order valence-electron chi connectivity index (χ0n) is 10.8. The Kier molecular flexibility index (Phi) is 6.94. The monoisotopic (exact) mass is 375 g/mol. The highest BCUT2D eigenvalue weighted by atomic mass is 79.9. The summed E-state index contributed by atoms with van der Waals surface area (Å²) in [7, 11) is 0. The van der Waals surface area contributed by atoms with E-state index >= 15 is 0 Å². The zero-order valence-corrected chi connectivity index (χ0v) is 14.0. The third-order valence-corrected chi connectivity index (χ3v) is 4.59. The number of hydrogen-bond donors (Lipinski definition) is 1. The van der Waals surface area contributed by atoms with Crippen molar-refractivity contribution in [1.29, 1.82) is 0 Å².